The van der Waals surface area contributed by atoms with Gasteiger partial charge in [-0.3, -0.25) is 10.2 Å². The van der Waals surface area contributed by atoms with E-state index in [2.05, 4.69) is 17.1 Å². The molecular formula is C22H36N2O3. The van der Waals surface area contributed by atoms with Crippen molar-refractivity contribution in [3.8, 4) is 5.75 Å². The average molecular weight is 377 g/mol. The Morgan fingerprint density at radius 1 is 1.00 bits per heavy atom. The van der Waals surface area contributed by atoms with Crippen molar-refractivity contribution < 1.29 is 14.3 Å². The second-order valence-corrected chi connectivity index (χ2v) is 7.28. The lowest BCUT2D eigenvalue weighted by Gasteiger charge is -2.25. The first-order valence-electron chi connectivity index (χ1n) is 10.7. The number of para-hydroxylation sites is 2. The van der Waals surface area contributed by atoms with Gasteiger partial charge in [0.25, 0.3) is 0 Å². The quantitative estimate of drug-likeness (QED) is 0.492. The first-order valence-corrected chi connectivity index (χ1v) is 10.7. The van der Waals surface area contributed by atoms with Crippen LogP contribution in [0, 0.1) is 0 Å². The molecule has 1 fully saturated rings. The van der Waals surface area contributed by atoms with Gasteiger partial charge in [-0.05, 0) is 44.5 Å². The Hall–Kier alpha value is -1.75. The van der Waals surface area contributed by atoms with Crippen LogP contribution >= 0.6 is 0 Å². The summed E-state index contributed by atoms with van der Waals surface area (Å²) in [6.45, 7) is 6.36. The van der Waals surface area contributed by atoms with Gasteiger partial charge in [0.1, 0.15) is 12.4 Å². The number of ether oxygens (including phenoxy) is 2. The minimum Gasteiger partial charge on any atom is -0.491 e. The number of likely N-dealkylation sites (tertiary alicyclic amines) is 1. The molecule has 5 heteroatoms. The number of nitrogens with one attached hydrogen (secondary N) is 1. The highest BCUT2D eigenvalue weighted by Crippen LogP contribution is 2.24. The van der Waals surface area contributed by atoms with Crippen LogP contribution in [0.1, 0.15) is 64.7 Å². The lowest BCUT2D eigenvalue weighted by Crippen LogP contribution is -2.33. The van der Waals surface area contributed by atoms with E-state index in [0.29, 0.717) is 24.7 Å². The zero-order valence-electron chi connectivity index (χ0n) is 16.9. The molecule has 27 heavy (non-hydrogen) atoms. The van der Waals surface area contributed by atoms with Crippen molar-refractivity contribution in [1.82, 2.24) is 4.90 Å². The molecule has 0 atom stereocenters. The van der Waals surface area contributed by atoms with Gasteiger partial charge in [-0.15, -0.1) is 0 Å². The third-order valence-electron chi connectivity index (χ3n) is 4.97. The summed E-state index contributed by atoms with van der Waals surface area (Å²) in [5, 5.41) is 2.81. The van der Waals surface area contributed by atoms with Gasteiger partial charge in [0.15, 0.2) is 0 Å². The lowest BCUT2D eigenvalue weighted by atomic mass is 10.1. The summed E-state index contributed by atoms with van der Waals surface area (Å²) in [4.78, 5) is 14.4. The Morgan fingerprint density at radius 3 is 2.56 bits per heavy atom. The molecule has 5 nitrogen and oxygen atoms in total. The van der Waals surface area contributed by atoms with Crippen LogP contribution in [-0.2, 0) is 4.74 Å². The van der Waals surface area contributed by atoms with Crippen LogP contribution in [0.15, 0.2) is 24.3 Å². The predicted molar refractivity (Wildman–Crippen MR) is 111 cm³/mol. The minimum absolute atomic E-state index is 0.414. The van der Waals surface area contributed by atoms with Crippen LogP contribution in [0.4, 0.5) is 10.5 Å². The van der Waals surface area contributed by atoms with Crippen molar-refractivity contribution in [3.05, 3.63) is 24.3 Å². The van der Waals surface area contributed by atoms with Crippen molar-refractivity contribution >= 4 is 11.8 Å². The number of nitrogens with zero attached hydrogens (tertiary/aromatic N) is 1. The number of unbranched alkanes of at least 4 members (excludes halogenated alkanes) is 5. The first-order chi connectivity index (χ1) is 13.3. The molecule has 0 aromatic heterocycles. The highest BCUT2D eigenvalue weighted by molar-refractivity contribution is 5.86. The van der Waals surface area contributed by atoms with Crippen molar-refractivity contribution in [2.75, 3.05) is 38.2 Å². The van der Waals surface area contributed by atoms with Crippen LogP contribution in [0.2, 0.25) is 0 Å². The number of benzene rings is 1. The fraction of sp³-hybridized carbons (Fsp3) is 0.682. The summed E-state index contributed by atoms with van der Waals surface area (Å²) in [5.41, 5.74) is 0.673. The molecule has 1 amide bonds. The van der Waals surface area contributed by atoms with Crippen molar-refractivity contribution in [2.24, 2.45) is 0 Å². The normalized spacial score (nSPS) is 14.7. The standard InChI is InChI=1S/C22H36N2O3/c1-2-3-4-5-6-12-18-26-21-14-9-8-13-20(21)23-22(25)27-19-17-24-15-10-7-11-16-24/h8-9,13-14H,2-7,10-12,15-19H2,1H3,(H,23,25). The summed E-state index contributed by atoms with van der Waals surface area (Å²) in [6.07, 6.45) is 10.8. The maximum Gasteiger partial charge on any atom is 0.411 e. The van der Waals surface area contributed by atoms with E-state index in [1.54, 1.807) is 0 Å². The Balaban J connectivity index is 1.65. The fourth-order valence-electron chi connectivity index (χ4n) is 3.36. The minimum atomic E-state index is -0.414. The maximum atomic E-state index is 12.1. The number of hydrogen-bond donors (Lipinski definition) is 1. The highest BCUT2D eigenvalue weighted by atomic mass is 16.5. The van der Waals surface area contributed by atoms with Crippen LogP contribution in [0.3, 0.4) is 0 Å². The smallest absolute Gasteiger partial charge is 0.411 e. The molecule has 152 valence electrons. The topological polar surface area (TPSA) is 50.8 Å². The largest absolute Gasteiger partial charge is 0.491 e. The predicted octanol–water partition coefficient (Wildman–Crippen LogP) is 5.46. The number of anilines is 1. The second kappa shape index (κ2) is 13.4. The van der Waals surface area contributed by atoms with E-state index in [0.717, 1.165) is 26.1 Å². The molecule has 1 aromatic rings. The van der Waals surface area contributed by atoms with E-state index >= 15 is 0 Å². The average Bonchev–Trinajstić information content (AvgIpc) is 2.69. The van der Waals surface area contributed by atoms with E-state index in [-0.39, 0.29) is 0 Å². The molecule has 1 aliphatic rings. The fourth-order valence-corrected chi connectivity index (χ4v) is 3.36. The molecule has 2 rings (SSSR count). The van der Waals surface area contributed by atoms with Gasteiger partial charge in [0.2, 0.25) is 0 Å². The number of piperidine rings is 1. The first kappa shape index (κ1) is 21.5. The molecule has 0 aliphatic carbocycles. The highest BCUT2D eigenvalue weighted by Gasteiger charge is 2.12. The van der Waals surface area contributed by atoms with E-state index in [1.807, 2.05) is 24.3 Å². The van der Waals surface area contributed by atoms with Gasteiger partial charge in [-0.2, -0.15) is 0 Å². The summed E-state index contributed by atoms with van der Waals surface area (Å²) in [7, 11) is 0. The van der Waals surface area contributed by atoms with Crippen LogP contribution in [0.5, 0.6) is 5.75 Å². The van der Waals surface area contributed by atoms with Crippen LogP contribution in [-0.4, -0.2) is 43.8 Å². The number of carbonyl (C=O) groups excluding carboxylic acids is 1. The third-order valence-corrected chi connectivity index (χ3v) is 4.97. The van der Waals surface area contributed by atoms with Gasteiger partial charge in [0, 0.05) is 6.54 Å². The Bertz CT molecular complexity index is 530. The van der Waals surface area contributed by atoms with Gasteiger partial charge in [-0.25, -0.2) is 4.79 Å². The molecule has 1 aliphatic heterocycles. The third kappa shape index (κ3) is 9.14. The number of hydrogen-bond acceptors (Lipinski definition) is 4. The zero-order valence-corrected chi connectivity index (χ0v) is 16.9. The summed E-state index contributed by atoms with van der Waals surface area (Å²) in [5.74, 6) is 0.707. The Kier molecular flexibility index (Phi) is 10.7. The summed E-state index contributed by atoms with van der Waals surface area (Å²) < 4.78 is 11.2. The maximum absolute atomic E-state index is 12.1. The molecule has 0 saturated carbocycles. The van der Waals surface area contributed by atoms with Crippen molar-refractivity contribution in [1.29, 1.82) is 0 Å². The Morgan fingerprint density at radius 2 is 1.74 bits per heavy atom. The van der Waals surface area contributed by atoms with Crippen LogP contribution < -0.4 is 10.1 Å². The Labute approximate surface area is 164 Å². The molecule has 1 heterocycles. The van der Waals surface area contributed by atoms with E-state index in [9.17, 15) is 4.79 Å². The van der Waals surface area contributed by atoms with E-state index in [1.165, 1.54) is 51.4 Å². The number of carbonyl (C=O) groups is 1. The second-order valence-electron chi connectivity index (χ2n) is 7.28. The lowest BCUT2D eigenvalue weighted by molar-refractivity contribution is 0.131. The van der Waals surface area contributed by atoms with Gasteiger partial charge in [-0.1, -0.05) is 57.6 Å². The van der Waals surface area contributed by atoms with Gasteiger partial charge >= 0.3 is 6.09 Å². The van der Waals surface area contributed by atoms with E-state index < -0.39 is 6.09 Å². The molecule has 0 unspecified atom stereocenters. The summed E-state index contributed by atoms with van der Waals surface area (Å²) in [6, 6.07) is 7.55. The SMILES string of the molecule is CCCCCCCCOc1ccccc1NC(=O)OCCN1CCCCC1. The van der Waals surface area contributed by atoms with Crippen molar-refractivity contribution in [3.63, 3.8) is 0 Å². The number of rotatable bonds is 12. The van der Waals surface area contributed by atoms with E-state index in [4.69, 9.17) is 9.47 Å². The van der Waals surface area contributed by atoms with Crippen molar-refractivity contribution in [2.45, 2.75) is 64.7 Å². The number of amides is 1. The molecule has 0 radical (unpaired) electrons. The monoisotopic (exact) mass is 376 g/mol. The summed E-state index contributed by atoms with van der Waals surface area (Å²) >= 11 is 0. The molecular weight excluding hydrogens is 340 g/mol. The molecule has 0 spiro atoms. The van der Waals surface area contributed by atoms with Crippen LogP contribution in [0.25, 0.3) is 0 Å². The van der Waals surface area contributed by atoms with Gasteiger partial charge in [0.05, 0.1) is 12.3 Å². The van der Waals surface area contributed by atoms with Gasteiger partial charge < -0.3 is 9.47 Å². The molecule has 0 bridgehead atoms. The molecule has 1 saturated heterocycles. The zero-order chi connectivity index (χ0) is 19.2. The molecule has 1 N–H and O–H groups in total. The molecule has 1 aromatic carbocycles.